The van der Waals surface area contributed by atoms with Crippen molar-refractivity contribution in [3.63, 3.8) is 0 Å². The standard InChI is InChI=1S/C24H18N2O3/c27-21(28)11-9-16-13-25-23-22(16)19-12-15(8-10-20(19)26-24(23)29)18-7-3-5-14-4-1-2-6-17(14)18/h1-8,10,12-13,25H,9,11H2,(H,26,29)(H,27,28). The van der Waals surface area contributed by atoms with Crippen molar-refractivity contribution < 1.29 is 9.90 Å². The normalized spacial score (nSPS) is 11.4. The Kier molecular flexibility index (Phi) is 3.95. The van der Waals surface area contributed by atoms with Gasteiger partial charge in [0.15, 0.2) is 0 Å². The third-order valence-corrected chi connectivity index (χ3v) is 5.43. The van der Waals surface area contributed by atoms with E-state index in [0.29, 0.717) is 11.9 Å². The van der Waals surface area contributed by atoms with Crippen LogP contribution in [0.3, 0.4) is 0 Å². The number of nitrogens with one attached hydrogen (secondary N) is 2. The van der Waals surface area contributed by atoms with E-state index in [4.69, 9.17) is 5.11 Å². The van der Waals surface area contributed by atoms with E-state index < -0.39 is 5.97 Å². The van der Waals surface area contributed by atoms with Gasteiger partial charge in [0, 0.05) is 28.9 Å². The van der Waals surface area contributed by atoms with Crippen molar-refractivity contribution in [2.75, 3.05) is 0 Å². The van der Waals surface area contributed by atoms with Crippen molar-refractivity contribution >= 4 is 38.5 Å². The summed E-state index contributed by atoms with van der Waals surface area (Å²) in [5, 5.41) is 13.1. The number of aromatic amines is 2. The van der Waals surface area contributed by atoms with E-state index in [-0.39, 0.29) is 12.0 Å². The number of fused-ring (bicyclic) bond motifs is 4. The molecule has 5 rings (SSSR count). The Hall–Kier alpha value is -3.86. The van der Waals surface area contributed by atoms with Crippen LogP contribution in [0.25, 0.3) is 43.7 Å². The van der Waals surface area contributed by atoms with Gasteiger partial charge in [-0.05, 0) is 46.0 Å². The summed E-state index contributed by atoms with van der Waals surface area (Å²) in [7, 11) is 0. The SMILES string of the molecule is O=C(O)CCc1c[nH]c2c(=O)[nH]c3ccc(-c4cccc5ccccc45)cc3c12. The lowest BCUT2D eigenvalue weighted by Gasteiger charge is -2.09. The average molecular weight is 382 g/mol. The number of H-pyrrole nitrogens is 2. The molecule has 0 atom stereocenters. The van der Waals surface area contributed by atoms with E-state index >= 15 is 0 Å². The molecule has 0 amide bonds. The second kappa shape index (κ2) is 6.63. The number of aliphatic carboxylic acids is 1. The molecule has 29 heavy (non-hydrogen) atoms. The second-order valence-electron chi connectivity index (χ2n) is 7.20. The summed E-state index contributed by atoms with van der Waals surface area (Å²) < 4.78 is 0. The number of aryl methyl sites for hydroxylation is 1. The number of pyridine rings is 1. The lowest BCUT2D eigenvalue weighted by Crippen LogP contribution is -2.06. The molecule has 2 heterocycles. The van der Waals surface area contributed by atoms with Crippen LogP contribution in [0.15, 0.2) is 71.7 Å². The van der Waals surface area contributed by atoms with Gasteiger partial charge in [-0.3, -0.25) is 9.59 Å². The van der Waals surface area contributed by atoms with Gasteiger partial charge in [-0.2, -0.15) is 0 Å². The first-order valence-electron chi connectivity index (χ1n) is 9.48. The Bertz CT molecular complexity index is 1450. The van der Waals surface area contributed by atoms with Crippen LogP contribution in [0.2, 0.25) is 0 Å². The zero-order valence-electron chi connectivity index (χ0n) is 15.5. The summed E-state index contributed by atoms with van der Waals surface area (Å²) in [6.45, 7) is 0. The molecule has 5 heteroatoms. The summed E-state index contributed by atoms with van der Waals surface area (Å²) in [5.41, 5.74) is 4.02. The Morgan fingerprint density at radius 3 is 2.66 bits per heavy atom. The zero-order chi connectivity index (χ0) is 20.0. The Morgan fingerprint density at radius 2 is 1.79 bits per heavy atom. The molecule has 0 aliphatic heterocycles. The van der Waals surface area contributed by atoms with Gasteiger partial charge in [0.1, 0.15) is 5.52 Å². The van der Waals surface area contributed by atoms with Gasteiger partial charge in [-0.15, -0.1) is 0 Å². The van der Waals surface area contributed by atoms with Crippen LogP contribution in [0, 0.1) is 0 Å². The number of hydrogen-bond donors (Lipinski definition) is 3. The predicted molar refractivity (Wildman–Crippen MR) is 115 cm³/mol. The smallest absolute Gasteiger partial charge is 0.303 e. The maximum absolute atomic E-state index is 12.5. The maximum atomic E-state index is 12.5. The van der Waals surface area contributed by atoms with E-state index in [1.54, 1.807) is 6.20 Å². The van der Waals surface area contributed by atoms with Gasteiger partial charge < -0.3 is 15.1 Å². The summed E-state index contributed by atoms with van der Waals surface area (Å²) in [5.74, 6) is -0.857. The molecule has 2 aromatic heterocycles. The van der Waals surface area contributed by atoms with Gasteiger partial charge in [-0.1, -0.05) is 48.5 Å². The zero-order valence-corrected chi connectivity index (χ0v) is 15.5. The van der Waals surface area contributed by atoms with E-state index in [9.17, 15) is 9.59 Å². The number of carboxylic acids is 1. The lowest BCUT2D eigenvalue weighted by molar-refractivity contribution is -0.136. The average Bonchev–Trinajstić information content (AvgIpc) is 3.17. The highest BCUT2D eigenvalue weighted by molar-refractivity contribution is 6.08. The summed E-state index contributed by atoms with van der Waals surface area (Å²) in [6.07, 6.45) is 2.13. The molecule has 5 nitrogen and oxygen atoms in total. The summed E-state index contributed by atoms with van der Waals surface area (Å²) >= 11 is 0. The number of aromatic nitrogens is 2. The number of carbonyl (C=O) groups is 1. The molecule has 0 radical (unpaired) electrons. The molecule has 0 spiro atoms. The van der Waals surface area contributed by atoms with Crippen molar-refractivity contribution in [2.24, 2.45) is 0 Å². The van der Waals surface area contributed by atoms with Crippen LogP contribution in [0.5, 0.6) is 0 Å². The summed E-state index contributed by atoms with van der Waals surface area (Å²) in [4.78, 5) is 29.5. The third-order valence-electron chi connectivity index (χ3n) is 5.43. The number of hydrogen-bond acceptors (Lipinski definition) is 2. The molecular formula is C24H18N2O3. The van der Waals surface area contributed by atoms with Crippen LogP contribution < -0.4 is 5.56 Å². The van der Waals surface area contributed by atoms with E-state index in [1.165, 1.54) is 5.39 Å². The maximum Gasteiger partial charge on any atom is 0.303 e. The minimum atomic E-state index is -0.857. The van der Waals surface area contributed by atoms with Crippen LogP contribution >= 0.6 is 0 Å². The fourth-order valence-corrected chi connectivity index (χ4v) is 4.08. The summed E-state index contributed by atoms with van der Waals surface area (Å²) in [6, 6.07) is 20.5. The number of carboxylic acid groups (broad SMARTS) is 1. The van der Waals surface area contributed by atoms with Gasteiger partial charge in [0.2, 0.25) is 0 Å². The highest BCUT2D eigenvalue weighted by atomic mass is 16.4. The first-order chi connectivity index (χ1) is 14.1. The second-order valence-corrected chi connectivity index (χ2v) is 7.20. The Morgan fingerprint density at radius 1 is 0.966 bits per heavy atom. The van der Waals surface area contributed by atoms with Crippen LogP contribution in [0.4, 0.5) is 0 Å². The molecule has 0 bridgehead atoms. The lowest BCUT2D eigenvalue weighted by atomic mass is 9.95. The van der Waals surface area contributed by atoms with Crippen LogP contribution in [0.1, 0.15) is 12.0 Å². The molecule has 0 saturated heterocycles. The Balaban J connectivity index is 1.78. The molecule has 0 aliphatic carbocycles. The van der Waals surface area contributed by atoms with Crippen molar-refractivity contribution in [2.45, 2.75) is 12.8 Å². The van der Waals surface area contributed by atoms with Crippen molar-refractivity contribution in [1.82, 2.24) is 9.97 Å². The molecule has 0 unspecified atom stereocenters. The molecule has 0 aliphatic rings. The van der Waals surface area contributed by atoms with E-state index in [0.717, 1.165) is 38.4 Å². The van der Waals surface area contributed by atoms with E-state index in [1.807, 2.05) is 30.3 Å². The first-order valence-corrected chi connectivity index (χ1v) is 9.48. The van der Waals surface area contributed by atoms with Gasteiger partial charge in [0.05, 0.1) is 0 Å². The Labute approximate surface area is 165 Å². The third kappa shape index (κ3) is 2.88. The van der Waals surface area contributed by atoms with Crippen molar-refractivity contribution in [1.29, 1.82) is 0 Å². The highest BCUT2D eigenvalue weighted by Gasteiger charge is 2.14. The topological polar surface area (TPSA) is 85.9 Å². The highest BCUT2D eigenvalue weighted by Crippen LogP contribution is 2.33. The molecule has 3 aromatic carbocycles. The monoisotopic (exact) mass is 382 g/mol. The fraction of sp³-hybridized carbons (Fsp3) is 0.0833. The molecule has 142 valence electrons. The van der Waals surface area contributed by atoms with E-state index in [2.05, 4.69) is 40.3 Å². The van der Waals surface area contributed by atoms with Crippen molar-refractivity contribution in [3.05, 3.63) is 82.8 Å². The minimum Gasteiger partial charge on any atom is -0.481 e. The van der Waals surface area contributed by atoms with Crippen LogP contribution in [-0.4, -0.2) is 21.0 Å². The van der Waals surface area contributed by atoms with Crippen LogP contribution in [-0.2, 0) is 11.2 Å². The van der Waals surface area contributed by atoms with Gasteiger partial charge >= 0.3 is 5.97 Å². The van der Waals surface area contributed by atoms with Gasteiger partial charge in [0.25, 0.3) is 5.56 Å². The van der Waals surface area contributed by atoms with Gasteiger partial charge in [-0.25, -0.2) is 0 Å². The molecule has 0 saturated carbocycles. The van der Waals surface area contributed by atoms with Crippen molar-refractivity contribution in [3.8, 4) is 11.1 Å². The minimum absolute atomic E-state index is 0.0181. The molecule has 3 N–H and O–H groups in total. The largest absolute Gasteiger partial charge is 0.481 e. The molecular weight excluding hydrogens is 364 g/mol. The molecule has 0 fully saturated rings. The fourth-order valence-electron chi connectivity index (χ4n) is 4.08. The molecule has 5 aromatic rings. The predicted octanol–water partition coefficient (Wildman–Crippen LogP) is 4.85. The number of rotatable bonds is 4. The number of benzene rings is 3. The quantitative estimate of drug-likeness (QED) is 0.415. The first kappa shape index (κ1) is 17.3.